The fourth-order valence-electron chi connectivity index (χ4n) is 2.99. The molecule has 0 spiro atoms. The van der Waals surface area contributed by atoms with Crippen molar-refractivity contribution in [3.8, 4) is 0 Å². The Morgan fingerprint density at radius 3 is 2.75 bits per heavy atom. The van der Waals surface area contributed by atoms with Crippen LogP contribution in [0, 0.1) is 11.3 Å². The van der Waals surface area contributed by atoms with Crippen LogP contribution in [0.4, 0.5) is 5.69 Å². The molecule has 1 aromatic rings. The Hall–Kier alpha value is -1.02. The van der Waals surface area contributed by atoms with Crippen LogP contribution < -0.4 is 5.32 Å². The number of likely N-dealkylation sites (tertiary alicyclic amines) is 1. The molecule has 112 valence electrons. The molecule has 1 aliphatic heterocycles. The van der Waals surface area contributed by atoms with Crippen LogP contribution in [0.2, 0.25) is 0 Å². The van der Waals surface area contributed by atoms with E-state index in [-0.39, 0.29) is 0 Å². The number of hydrogen-bond donors (Lipinski definition) is 1. The average molecular weight is 274 g/mol. The molecular weight excluding hydrogens is 244 g/mol. The highest BCUT2D eigenvalue weighted by molar-refractivity contribution is 5.45. The second kappa shape index (κ2) is 6.62. The minimum atomic E-state index is 0.352. The smallest absolute Gasteiger partial charge is 0.0343 e. The van der Waals surface area contributed by atoms with Gasteiger partial charge in [-0.3, -0.25) is 0 Å². The summed E-state index contributed by atoms with van der Waals surface area (Å²) in [5.74, 6) is 0.880. The summed E-state index contributed by atoms with van der Waals surface area (Å²) in [6.07, 6.45) is 2.49. The lowest BCUT2D eigenvalue weighted by molar-refractivity contribution is 0.341. The van der Waals surface area contributed by atoms with Gasteiger partial charge in [0.2, 0.25) is 0 Å². The van der Waals surface area contributed by atoms with Gasteiger partial charge in [0, 0.05) is 25.3 Å². The topological polar surface area (TPSA) is 15.3 Å². The Morgan fingerprint density at radius 2 is 2.10 bits per heavy atom. The number of nitrogens with zero attached hydrogens (tertiary/aromatic N) is 1. The lowest BCUT2D eigenvalue weighted by atomic mass is 9.88. The van der Waals surface area contributed by atoms with Crippen molar-refractivity contribution >= 4 is 5.69 Å². The molecule has 1 heterocycles. The standard InChI is InChI=1S/C18H30N2/c1-15-8-10-20(14-15)11-9-19-17-7-5-6-16(12-17)13-18(2,3)4/h5-7,12,15,19H,8-11,13-14H2,1-4H3. The van der Waals surface area contributed by atoms with Gasteiger partial charge in [-0.25, -0.2) is 0 Å². The van der Waals surface area contributed by atoms with Gasteiger partial charge in [-0.2, -0.15) is 0 Å². The highest BCUT2D eigenvalue weighted by atomic mass is 15.2. The Balaban J connectivity index is 1.79. The quantitative estimate of drug-likeness (QED) is 0.872. The maximum absolute atomic E-state index is 3.57. The van der Waals surface area contributed by atoms with E-state index in [9.17, 15) is 0 Å². The maximum Gasteiger partial charge on any atom is 0.0343 e. The highest BCUT2D eigenvalue weighted by Gasteiger charge is 2.17. The van der Waals surface area contributed by atoms with E-state index in [4.69, 9.17) is 0 Å². The van der Waals surface area contributed by atoms with E-state index in [0.717, 1.165) is 25.4 Å². The minimum absolute atomic E-state index is 0.352. The van der Waals surface area contributed by atoms with Crippen LogP contribution in [-0.4, -0.2) is 31.1 Å². The van der Waals surface area contributed by atoms with Gasteiger partial charge >= 0.3 is 0 Å². The second-order valence-corrected chi connectivity index (χ2v) is 7.56. The molecule has 1 aromatic carbocycles. The van der Waals surface area contributed by atoms with E-state index in [1.165, 1.54) is 30.8 Å². The molecule has 0 radical (unpaired) electrons. The van der Waals surface area contributed by atoms with Gasteiger partial charge in [-0.1, -0.05) is 39.8 Å². The van der Waals surface area contributed by atoms with Crippen molar-refractivity contribution in [3.05, 3.63) is 29.8 Å². The Morgan fingerprint density at radius 1 is 1.30 bits per heavy atom. The minimum Gasteiger partial charge on any atom is -0.384 e. The van der Waals surface area contributed by atoms with Crippen molar-refractivity contribution in [1.29, 1.82) is 0 Å². The fourth-order valence-corrected chi connectivity index (χ4v) is 2.99. The molecule has 1 aliphatic rings. The van der Waals surface area contributed by atoms with Gasteiger partial charge in [0.1, 0.15) is 0 Å². The molecule has 1 fully saturated rings. The third-order valence-electron chi connectivity index (χ3n) is 3.93. The molecule has 2 nitrogen and oxygen atoms in total. The van der Waals surface area contributed by atoms with Crippen molar-refractivity contribution in [2.24, 2.45) is 11.3 Å². The summed E-state index contributed by atoms with van der Waals surface area (Å²) in [4.78, 5) is 2.57. The van der Waals surface area contributed by atoms with Crippen molar-refractivity contribution < 1.29 is 0 Å². The third kappa shape index (κ3) is 5.16. The van der Waals surface area contributed by atoms with Gasteiger partial charge in [0.25, 0.3) is 0 Å². The summed E-state index contributed by atoms with van der Waals surface area (Å²) in [5.41, 5.74) is 3.04. The van der Waals surface area contributed by atoms with Crippen molar-refractivity contribution in [2.45, 2.75) is 40.5 Å². The molecule has 0 bridgehead atoms. The first-order valence-electron chi connectivity index (χ1n) is 7.97. The second-order valence-electron chi connectivity index (χ2n) is 7.56. The molecule has 0 saturated carbocycles. The number of benzene rings is 1. The highest BCUT2D eigenvalue weighted by Crippen LogP contribution is 2.22. The molecule has 0 aliphatic carbocycles. The fraction of sp³-hybridized carbons (Fsp3) is 0.667. The Bertz CT molecular complexity index is 420. The molecule has 1 N–H and O–H groups in total. The summed E-state index contributed by atoms with van der Waals surface area (Å²) >= 11 is 0. The van der Waals surface area contributed by atoms with E-state index >= 15 is 0 Å². The molecule has 1 atom stereocenters. The first-order chi connectivity index (χ1) is 9.42. The van der Waals surface area contributed by atoms with Gasteiger partial charge < -0.3 is 10.2 Å². The van der Waals surface area contributed by atoms with Crippen LogP contribution in [0.15, 0.2) is 24.3 Å². The molecule has 0 aromatic heterocycles. The lowest BCUT2D eigenvalue weighted by Crippen LogP contribution is -2.26. The zero-order valence-corrected chi connectivity index (χ0v) is 13.6. The average Bonchev–Trinajstić information content (AvgIpc) is 2.73. The van der Waals surface area contributed by atoms with Gasteiger partial charge in [-0.15, -0.1) is 0 Å². The molecule has 2 heteroatoms. The first kappa shape index (κ1) is 15.4. The van der Waals surface area contributed by atoms with Crippen molar-refractivity contribution in [2.75, 3.05) is 31.5 Å². The zero-order chi connectivity index (χ0) is 14.6. The Labute approximate surface area is 124 Å². The van der Waals surface area contributed by atoms with Gasteiger partial charge in [-0.05, 0) is 48.4 Å². The van der Waals surface area contributed by atoms with E-state index in [0.29, 0.717) is 5.41 Å². The van der Waals surface area contributed by atoms with Crippen LogP contribution in [0.25, 0.3) is 0 Å². The molecule has 0 amide bonds. The van der Waals surface area contributed by atoms with E-state index in [1.54, 1.807) is 0 Å². The summed E-state index contributed by atoms with van der Waals surface area (Å²) in [6.45, 7) is 14.0. The van der Waals surface area contributed by atoms with Gasteiger partial charge in [0.15, 0.2) is 0 Å². The van der Waals surface area contributed by atoms with E-state index < -0.39 is 0 Å². The van der Waals surface area contributed by atoms with Crippen LogP contribution in [0.1, 0.15) is 39.7 Å². The van der Waals surface area contributed by atoms with Crippen molar-refractivity contribution in [3.63, 3.8) is 0 Å². The maximum atomic E-state index is 3.57. The van der Waals surface area contributed by atoms with Gasteiger partial charge in [0.05, 0.1) is 0 Å². The lowest BCUT2D eigenvalue weighted by Gasteiger charge is -2.19. The van der Waals surface area contributed by atoms with Crippen LogP contribution in [-0.2, 0) is 6.42 Å². The van der Waals surface area contributed by atoms with E-state index in [2.05, 4.69) is 62.2 Å². The first-order valence-corrected chi connectivity index (χ1v) is 7.97. The summed E-state index contributed by atoms with van der Waals surface area (Å²) < 4.78 is 0. The number of anilines is 1. The molecule has 20 heavy (non-hydrogen) atoms. The molecule has 1 saturated heterocycles. The Kier molecular flexibility index (Phi) is 5.09. The molecule has 1 unspecified atom stereocenters. The monoisotopic (exact) mass is 274 g/mol. The summed E-state index contributed by atoms with van der Waals surface area (Å²) in [5, 5.41) is 3.57. The van der Waals surface area contributed by atoms with Crippen molar-refractivity contribution in [1.82, 2.24) is 4.90 Å². The summed E-state index contributed by atoms with van der Waals surface area (Å²) in [7, 11) is 0. The van der Waals surface area contributed by atoms with Crippen LogP contribution in [0.3, 0.4) is 0 Å². The molecular formula is C18H30N2. The van der Waals surface area contributed by atoms with Crippen LogP contribution >= 0.6 is 0 Å². The predicted molar refractivity (Wildman–Crippen MR) is 88.3 cm³/mol. The normalized spacial score (nSPS) is 20.3. The SMILES string of the molecule is CC1CCN(CCNc2cccc(CC(C)(C)C)c2)C1. The number of hydrogen-bond acceptors (Lipinski definition) is 2. The zero-order valence-electron chi connectivity index (χ0n) is 13.6. The third-order valence-corrected chi connectivity index (χ3v) is 3.93. The van der Waals surface area contributed by atoms with E-state index in [1.807, 2.05) is 0 Å². The molecule has 2 rings (SSSR count). The number of rotatable bonds is 5. The predicted octanol–water partition coefficient (Wildman–Crippen LogP) is 4.03. The summed E-state index contributed by atoms with van der Waals surface area (Å²) in [6, 6.07) is 8.89. The van der Waals surface area contributed by atoms with Crippen LogP contribution in [0.5, 0.6) is 0 Å². The largest absolute Gasteiger partial charge is 0.384 e. The number of nitrogens with one attached hydrogen (secondary N) is 1.